The molecule has 0 bridgehead atoms. The van der Waals surface area contributed by atoms with Crippen LogP contribution in [0.4, 0.5) is 0 Å². The van der Waals surface area contributed by atoms with E-state index in [4.69, 9.17) is 4.42 Å². The molecule has 1 N–H and O–H groups in total. The average molecular weight is 257 g/mol. The fourth-order valence-corrected chi connectivity index (χ4v) is 2.15. The summed E-state index contributed by atoms with van der Waals surface area (Å²) >= 11 is 0. The van der Waals surface area contributed by atoms with Gasteiger partial charge in [0, 0.05) is 6.04 Å². The molecule has 0 aliphatic rings. The second-order valence-corrected chi connectivity index (χ2v) is 4.97. The van der Waals surface area contributed by atoms with Crippen molar-refractivity contribution in [1.29, 1.82) is 0 Å². The molecule has 100 valence electrons. The Morgan fingerprint density at radius 2 is 2.16 bits per heavy atom. The fraction of sp³-hybridized carbons (Fsp3) is 0.312. The predicted octanol–water partition coefficient (Wildman–Crippen LogP) is 2.88. The number of carbonyl (C=O) groups excluding carboxylic acids is 1. The van der Waals surface area contributed by atoms with Crippen LogP contribution in [0.25, 0.3) is 0 Å². The molecule has 1 aromatic carbocycles. The largest absolute Gasteiger partial charge is 0.472 e. The van der Waals surface area contributed by atoms with Gasteiger partial charge in [-0.3, -0.25) is 4.79 Å². The molecule has 0 aliphatic carbocycles. The molecule has 1 heterocycles. The number of furan rings is 1. The highest BCUT2D eigenvalue weighted by Crippen LogP contribution is 2.06. The Morgan fingerprint density at radius 1 is 1.32 bits per heavy atom. The third kappa shape index (κ3) is 4.28. The summed E-state index contributed by atoms with van der Waals surface area (Å²) in [6.45, 7) is 4.03. The van der Waals surface area contributed by atoms with Gasteiger partial charge in [0.2, 0.25) is 5.91 Å². The summed E-state index contributed by atoms with van der Waals surface area (Å²) in [5.41, 5.74) is 3.33. The quantitative estimate of drug-likeness (QED) is 0.895. The summed E-state index contributed by atoms with van der Waals surface area (Å²) < 4.78 is 5.02. The number of amides is 1. The number of hydrogen-bond acceptors (Lipinski definition) is 2. The SMILES string of the molecule is Cc1cccc(CC(=O)N[C@@H](C)Cc2ccoc2)c1. The summed E-state index contributed by atoms with van der Waals surface area (Å²) in [5, 5.41) is 3.01. The van der Waals surface area contributed by atoms with Gasteiger partial charge in [-0.05, 0) is 37.5 Å². The van der Waals surface area contributed by atoms with Gasteiger partial charge in [0.15, 0.2) is 0 Å². The average Bonchev–Trinajstić information content (AvgIpc) is 2.81. The number of carbonyl (C=O) groups is 1. The van der Waals surface area contributed by atoms with Crippen molar-refractivity contribution in [2.45, 2.75) is 32.7 Å². The van der Waals surface area contributed by atoms with Gasteiger partial charge in [0.05, 0.1) is 18.9 Å². The van der Waals surface area contributed by atoms with Crippen molar-refractivity contribution >= 4 is 5.91 Å². The minimum atomic E-state index is 0.0570. The molecule has 1 amide bonds. The van der Waals surface area contributed by atoms with E-state index in [0.29, 0.717) is 6.42 Å². The lowest BCUT2D eigenvalue weighted by Gasteiger charge is -2.13. The highest BCUT2D eigenvalue weighted by atomic mass is 16.3. The van der Waals surface area contributed by atoms with E-state index in [9.17, 15) is 4.79 Å². The van der Waals surface area contributed by atoms with Crippen LogP contribution in [0.3, 0.4) is 0 Å². The van der Waals surface area contributed by atoms with Gasteiger partial charge >= 0.3 is 0 Å². The van der Waals surface area contributed by atoms with Crippen LogP contribution in [0.2, 0.25) is 0 Å². The van der Waals surface area contributed by atoms with E-state index in [0.717, 1.165) is 17.5 Å². The molecule has 1 atom stereocenters. The molecule has 0 radical (unpaired) electrons. The smallest absolute Gasteiger partial charge is 0.224 e. The van der Waals surface area contributed by atoms with Crippen molar-refractivity contribution in [3.8, 4) is 0 Å². The summed E-state index contributed by atoms with van der Waals surface area (Å²) in [5.74, 6) is 0.0570. The molecule has 2 aromatic rings. The van der Waals surface area contributed by atoms with Crippen molar-refractivity contribution in [3.05, 3.63) is 59.5 Å². The Morgan fingerprint density at radius 3 is 2.84 bits per heavy atom. The van der Waals surface area contributed by atoms with Gasteiger partial charge < -0.3 is 9.73 Å². The maximum atomic E-state index is 11.9. The third-order valence-electron chi connectivity index (χ3n) is 2.98. The molecule has 3 nitrogen and oxygen atoms in total. The van der Waals surface area contributed by atoms with Crippen molar-refractivity contribution in [2.75, 3.05) is 0 Å². The van der Waals surface area contributed by atoms with Crippen molar-refractivity contribution in [1.82, 2.24) is 5.32 Å². The molecule has 0 fully saturated rings. The van der Waals surface area contributed by atoms with Crippen LogP contribution in [0.5, 0.6) is 0 Å². The Kier molecular flexibility index (Phi) is 4.39. The maximum Gasteiger partial charge on any atom is 0.224 e. The molecular formula is C16H19NO2. The molecule has 2 rings (SSSR count). The van der Waals surface area contributed by atoms with Gasteiger partial charge in [0.1, 0.15) is 0 Å². The summed E-state index contributed by atoms with van der Waals surface area (Å²) in [6.07, 6.45) is 4.58. The monoisotopic (exact) mass is 257 g/mol. The summed E-state index contributed by atoms with van der Waals surface area (Å²) in [7, 11) is 0. The van der Waals surface area contributed by atoms with Crippen molar-refractivity contribution in [3.63, 3.8) is 0 Å². The molecule has 0 unspecified atom stereocenters. The van der Waals surface area contributed by atoms with Crippen LogP contribution >= 0.6 is 0 Å². The Labute approximate surface area is 113 Å². The van der Waals surface area contributed by atoms with Crippen LogP contribution in [-0.4, -0.2) is 11.9 Å². The summed E-state index contributed by atoms with van der Waals surface area (Å²) in [4.78, 5) is 11.9. The minimum absolute atomic E-state index is 0.0570. The Hall–Kier alpha value is -2.03. The zero-order valence-electron chi connectivity index (χ0n) is 11.3. The second kappa shape index (κ2) is 6.23. The Balaban J connectivity index is 1.84. The van der Waals surface area contributed by atoms with Gasteiger partial charge in [0.25, 0.3) is 0 Å². The first-order chi connectivity index (χ1) is 9.13. The molecular weight excluding hydrogens is 238 g/mol. The maximum absolute atomic E-state index is 11.9. The zero-order valence-corrected chi connectivity index (χ0v) is 11.3. The van der Waals surface area contributed by atoms with Crippen LogP contribution in [0.15, 0.2) is 47.3 Å². The van der Waals surface area contributed by atoms with Crippen molar-refractivity contribution < 1.29 is 9.21 Å². The lowest BCUT2D eigenvalue weighted by atomic mass is 10.1. The topological polar surface area (TPSA) is 42.2 Å². The van der Waals surface area contributed by atoms with Crippen molar-refractivity contribution in [2.24, 2.45) is 0 Å². The van der Waals surface area contributed by atoms with Crippen LogP contribution < -0.4 is 5.32 Å². The lowest BCUT2D eigenvalue weighted by molar-refractivity contribution is -0.121. The van der Waals surface area contributed by atoms with E-state index in [-0.39, 0.29) is 11.9 Å². The number of rotatable bonds is 5. The minimum Gasteiger partial charge on any atom is -0.472 e. The van der Waals surface area contributed by atoms with Gasteiger partial charge in [-0.25, -0.2) is 0 Å². The Bertz CT molecular complexity index is 531. The number of hydrogen-bond donors (Lipinski definition) is 1. The van der Waals surface area contributed by atoms with Crippen LogP contribution in [-0.2, 0) is 17.6 Å². The molecule has 1 aromatic heterocycles. The van der Waals surface area contributed by atoms with Gasteiger partial charge in [-0.15, -0.1) is 0 Å². The lowest BCUT2D eigenvalue weighted by Crippen LogP contribution is -2.35. The van der Waals surface area contributed by atoms with Gasteiger partial charge in [-0.2, -0.15) is 0 Å². The predicted molar refractivity (Wildman–Crippen MR) is 74.9 cm³/mol. The highest BCUT2D eigenvalue weighted by Gasteiger charge is 2.09. The summed E-state index contributed by atoms with van der Waals surface area (Å²) in [6, 6.07) is 10.1. The molecule has 0 saturated carbocycles. The van der Waals surface area contributed by atoms with Crippen LogP contribution in [0.1, 0.15) is 23.6 Å². The van der Waals surface area contributed by atoms with E-state index in [2.05, 4.69) is 5.32 Å². The highest BCUT2D eigenvalue weighted by molar-refractivity contribution is 5.78. The van der Waals surface area contributed by atoms with E-state index >= 15 is 0 Å². The van der Waals surface area contributed by atoms with Gasteiger partial charge in [-0.1, -0.05) is 29.8 Å². The second-order valence-electron chi connectivity index (χ2n) is 4.97. The number of benzene rings is 1. The first kappa shape index (κ1) is 13.4. The first-order valence-electron chi connectivity index (χ1n) is 6.49. The van der Waals surface area contributed by atoms with E-state index in [1.807, 2.05) is 44.2 Å². The number of nitrogens with one attached hydrogen (secondary N) is 1. The first-order valence-corrected chi connectivity index (χ1v) is 6.49. The normalized spacial score (nSPS) is 12.1. The molecule has 0 saturated heterocycles. The van der Waals surface area contributed by atoms with E-state index < -0.39 is 0 Å². The fourth-order valence-electron chi connectivity index (χ4n) is 2.15. The molecule has 3 heteroatoms. The molecule has 0 spiro atoms. The van der Waals surface area contributed by atoms with E-state index in [1.54, 1.807) is 12.5 Å². The third-order valence-corrected chi connectivity index (χ3v) is 2.98. The standard InChI is InChI=1S/C16H19NO2/c1-12-4-3-5-14(8-12)10-16(18)17-13(2)9-15-6-7-19-11-15/h3-8,11,13H,9-10H2,1-2H3,(H,17,18)/t13-/m0/s1. The zero-order chi connectivity index (χ0) is 13.7. The number of aryl methyl sites for hydroxylation is 1. The van der Waals surface area contributed by atoms with Crippen LogP contribution in [0, 0.1) is 6.92 Å². The van der Waals surface area contributed by atoms with E-state index in [1.165, 1.54) is 5.56 Å². The molecule has 19 heavy (non-hydrogen) atoms. The molecule has 0 aliphatic heterocycles.